The van der Waals surface area contributed by atoms with Gasteiger partial charge in [-0.1, -0.05) is 37.1 Å². The lowest BCUT2D eigenvalue weighted by Crippen LogP contribution is -2.46. The minimum atomic E-state index is -0.782. The number of nitrogens with one attached hydrogen (secondary N) is 1. The highest BCUT2D eigenvalue weighted by Gasteiger charge is 2.37. The molecular formula is C20H29NO3. The zero-order valence-electron chi connectivity index (χ0n) is 14.6. The largest absolute Gasteiger partial charge is 0.389 e. The van der Waals surface area contributed by atoms with Crippen molar-refractivity contribution in [1.29, 1.82) is 0 Å². The molecule has 0 atom stereocenters. The first-order valence-corrected chi connectivity index (χ1v) is 9.16. The number of carbonyl (C=O) groups excluding carboxylic acids is 1. The van der Waals surface area contributed by atoms with Gasteiger partial charge in [0.2, 0.25) is 5.91 Å². The fourth-order valence-electron chi connectivity index (χ4n) is 4.31. The third kappa shape index (κ3) is 3.81. The molecule has 1 heterocycles. The van der Waals surface area contributed by atoms with Crippen molar-refractivity contribution in [2.24, 2.45) is 0 Å². The molecule has 3 rings (SSSR count). The van der Waals surface area contributed by atoms with E-state index in [1.54, 1.807) is 0 Å². The second-order valence-corrected chi connectivity index (χ2v) is 7.59. The molecule has 0 unspecified atom stereocenters. The SMILES string of the molecule is Cc1ccccc1C1(CNC(=O)CC2(O)CCCC2)CCOCC1. The molecule has 0 radical (unpaired) electrons. The smallest absolute Gasteiger partial charge is 0.222 e. The highest BCUT2D eigenvalue weighted by atomic mass is 16.5. The van der Waals surface area contributed by atoms with Crippen LogP contribution in [0.4, 0.5) is 0 Å². The van der Waals surface area contributed by atoms with Crippen molar-refractivity contribution in [3.8, 4) is 0 Å². The van der Waals surface area contributed by atoms with Crippen molar-refractivity contribution in [2.75, 3.05) is 19.8 Å². The summed E-state index contributed by atoms with van der Waals surface area (Å²) in [5.41, 5.74) is 1.74. The standard InChI is InChI=1S/C20H29NO3/c1-16-6-2-3-7-17(16)19(10-12-24-13-11-19)15-21-18(22)14-20(23)8-4-5-9-20/h2-3,6-7,23H,4-5,8-15H2,1H3,(H,21,22). The number of benzene rings is 1. The Hall–Kier alpha value is -1.39. The van der Waals surface area contributed by atoms with E-state index in [-0.39, 0.29) is 17.7 Å². The van der Waals surface area contributed by atoms with E-state index in [1.165, 1.54) is 11.1 Å². The first-order valence-electron chi connectivity index (χ1n) is 9.16. The van der Waals surface area contributed by atoms with Gasteiger partial charge in [-0.15, -0.1) is 0 Å². The van der Waals surface area contributed by atoms with Crippen molar-refractivity contribution < 1.29 is 14.6 Å². The number of aliphatic hydroxyl groups is 1. The molecule has 4 nitrogen and oxygen atoms in total. The summed E-state index contributed by atoms with van der Waals surface area (Å²) in [6, 6.07) is 8.44. The normalized spacial score (nSPS) is 22.2. The van der Waals surface area contributed by atoms with E-state index < -0.39 is 5.60 Å². The van der Waals surface area contributed by atoms with Gasteiger partial charge in [-0.05, 0) is 43.7 Å². The summed E-state index contributed by atoms with van der Waals surface area (Å²) in [6.07, 6.45) is 5.61. The average molecular weight is 331 g/mol. The summed E-state index contributed by atoms with van der Waals surface area (Å²) in [6.45, 7) is 4.22. The van der Waals surface area contributed by atoms with E-state index in [4.69, 9.17) is 4.74 Å². The Bertz CT molecular complexity index is 572. The van der Waals surface area contributed by atoms with Crippen LogP contribution in [0.3, 0.4) is 0 Å². The molecule has 2 fully saturated rings. The summed E-state index contributed by atoms with van der Waals surface area (Å²) in [5.74, 6) is -0.0288. The van der Waals surface area contributed by atoms with E-state index in [9.17, 15) is 9.90 Å². The number of hydrogen-bond acceptors (Lipinski definition) is 3. The average Bonchev–Trinajstić information content (AvgIpc) is 3.00. The van der Waals surface area contributed by atoms with Crippen LogP contribution in [0.2, 0.25) is 0 Å². The molecule has 0 aromatic heterocycles. The lowest BCUT2D eigenvalue weighted by molar-refractivity contribution is -0.126. The molecule has 132 valence electrons. The van der Waals surface area contributed by atoms with Gasteiger partial charge in [-0.3, -0.25) is 4.79 Å². The minimum Gasteiger partial charge on any atom is -0.389 e. The van der Waals surface area contributed by atoms with Crippen LogP contribution in [-0.2, 0) is 14.9 Å². The lowest BCUT2D eigenvalue weighted by atomic mass is 9.72. The molecule has 1 aliphatic carbocycles. The Kier molecular flexibility index (Phi) is 5.26. The summed E-state index contributed by atoms with van der Waals surface area (Å²) in [5, 5.41) is 13.6. The highest BCUT2D eigenvalue weighted by molar-refractivity contribution is 5.77. The van der Waals surface area contributed by atoms with E-state index >= 15 is 0 Å². The minimum absolute atomic E-state index is 0.0288. The zero-order chi connectivity index (χ0) is 17.0. The van der Waals surface area contributed by atoms with Crippen molar-refractivity contribution in [1.82, 2.24) is 5.32 Å². The number of hydrogen-bond donors (Lipinski definition) is 2. The van der Waals surface area contributed by atoms with Crippen LogP contribution in [0.1, 0.15) is 56.1 Å². The monoisotopic (exact) mass is 331 g/mol. The molecule has 0 spiro atoms. The van der Waals surface area contributed by atoms with Gasteiger partial charge >= 0.3 is 0 Å². The van der Waals surface area contributed by atoms with Gasteiger partial charge in [0, 0.05) is 25.2 Å². The summed E-state index contributed by atoms with van der Waals surface area (Å²) in [7, 11) is 0. The Morgan fingerprint density at radius 1 is 1.17 bits per heavy atom. The fourth-order valence-corrected chi connectivity index (χ4v) is 4.31. The molecule has 1 aromatic rings. The number of amides is 1. The molecule has 1 saturated carbocycles. The predicted octanol–water partition coefficient (Wildman–Crippen LogP) is 2.85. The van der Waals surface area contributed by atoms with Crippen LogP contribution in [0, 0.1) is 6.92 Å². The fraction of sp³-hybridized carbons (Fsp3) is 0.650. The maximum Gasteiger partial charge on any atom is 0.222 e. The second-order valence-electron chi connectivity index (χ2n) is 7.59. The lowest BCUT2D eigenvalue weighted by Gasteiger charge is -2.39. The van der Waals surface area contributed by atoms with Crippen molar-refractivity contribution in [3.63, 3.8) is 0 Å². The Morgan fingerprint density at radius 2 is 1.83 bits per heavy atom. The van der Waals surface area contributed by atoms with Gasteiger partial charge in [0.05, 0.1) is 12.0 Å². The van der Waals surface area contributed by atoms with Gasteiger partial charge in [0.15, 0.2) is 0 Å². The quantitative estimate of drug-likeness (QED) is 0.872. The molecule has 1 amide bonds. The first-order chi connectivity index (χ1) is 11.5. The first kappa shape index (κ1) is 17.4. The molecule has 2 aliphatic rings. The number of rotatable bonds is 5. The molecule has 4 heteroatoms. The summed E-state index contributed by atoms with van der Waals surface area (Å²) < 4.78 is 5.56. The van der Waals surface area contributed by atoms with Gasteiger partial charge in [0.1, 0.15) is 0 Å². The van der Waals surface area contributed by atoms with Gasteiger partial charge in [0.25, 0.3) is 0 Å². The van der Waals surface area contributed by atoms with E-state index in [1.807, 2.05) is 0 Å². The summed E-state index contributed by atoms with van der Waals surface area (Å²) >= 11 is 0. The maximum absolute atomic E-state index is 12.4. The number of carbonyl (C=O) groups is 1. The molecule has 1 aliphatic heterocycles. The van der Waals surface area contributed by atoms with Crippen LogP contribution in [-0.4, -0.2) is 36.4 Å². The van der Waals surface area contributed by atoms with Gasteiger partial charge in [-0.2, -0.15) is 0 Å². The molecule has 24 heavy (non-hydrogen) atoms. The molecule has 1 aromatic carbocycles. The Morgan fingerprint density at radius 3 is 2.50 bits per heavy atom. The van der Waals surface area contributed by atoms with Crippen molar-refractivity contribution in [2.45, 2.75) is 62.9 Å². The van der Waals surface area contributed by atoms with Gasteiger partial charge < -0.3 is 15.2 Å². The van der Waals surface area contributed by atoms with E-state index in [0.717, 1.165) is 51.7 Å². The molecule has 1 saturated heterocycles. The van der Waals surface area contributed by atoms with Crippen LogP contribution in [0.15, 0.2) is 24.3 Å². The number of ether oxygens (including phenoxy) is 1. The van der Waals surface area contributed by atoms with E-state index in [0.29, 0.717) is 6.54 Å². The maximum atomic E-state index is 12.4. The van der Waals surface area contributed by atoms with Crippen molar-refractivity contribution in [3.05, 3.63) is 35.4 Å². The predicted molar refractivity (Wildman–Crippen MR) is 94.0 cm³/mol. The second kappa shape index (κ2) is 7.24. The summed E-state index contributed by atoms with van der Waals surface area (Å²) in [4.78, 5) is 12.4. The third-order valence-corrected chi connectivity index (χ3v) is 5.81. The number of aryl methyl sites for hydroxylation is 1. The van der Waals surface area contributed by atoms with Gasteiger partial charge in [-0.25, -0.2) is 0 Å². The Labute approximate surface area is 144 Å². The van der Waals surface area contributed by atoms with Crippen LogP contribution in [0.25, 0.3) is 0 Å². The van der Waals surface area contributed by atoms with Crippen LogP contribution in [0.5, 0.6) is 0 Å². The zero-order valence-corrected chi connectivity index (χ0v) is 14.6. The van der Waals surface area contributed by atoms with Crippen LogP contribution >= 0.6 is 0 Å². The third-order valence-electron chi connectivity index (χ3n) is 5.81. The molecule has 2 N–H and O–H groups in total. The molecular weight excluding hydrogens is 302 g/mol. The van der Waals surface area contributed by atoms with Crippen LogP contribution < -0.4 is 5.32 Å². The highest BCUT2D eigenvalue weighted by Crippen LogP contribution is 2.36. The Balaban J connectivity index is 1.69. The molecule has 0 bridgehead atoms. The van der Waals surface area contributed by atoms with E-state index in [2.05, 4.69) is 36.5 Å². The van der Waals surface area contributed by atoms with Crippen molar-refractivity contribution >= 4 is 5.91 Å². The topological polar surface area (TPSA) is 58.6 Å².